The molecule has 1 unspecified atom stereocenters. The van der Waals surface area contributed by atoms with Gasteiger partial charge in [0.05, 0.1) is 3.79 Å². The molecule has 0 saturated carbocycles. The third-order valence-corrected chi connectivity index (χ3v) is 5.23. The number of benzene rings is 1. The van der Waals surface area contributed by atoms with E-state index < -0.39 is 0 Å². The molecule has 1 aromatic carbocycles. The molecule has 0 saturated heterocycles. The summed E-state index contributed by atoms with van der Waals surface area (Å²) in [4.78, 5) is 1.21. The topological polar surface area (TPSA) is 35.2 Å². The van der Waals surface area contributed by atoms with Crippen LogP contribution in [0.5, 0.6) is 5.75 Å². The van der Waals surface area contributed by atoms with E-state index in [4.69, 9.17) is 10.5 Å². The molecule has 2 nitrogen and oxygen atoms in total. The Morgan fingerprint density at radius 3 is 2.78 bits per heavy atom. The largest absolute Gasteiger partial charge is 0.484 e. The second kappa shape index (κ2) is 4.96. The lowest BCUT2D eigenvalue weighted by Crippen LogP contribution is -2.23. The lowest BCUT2D eigenvalue weighted by Gasteiger charge is -2.29. The molecule has 2 N–H and O–H groups in total. The minimum atomic E-state index is 0.0251. The summed E-state index contributed by atoms with van der Waals surface area (Å²) < 4.78 is 8.21. The third-order valence-electron chi connectivity index (χ3n) is 3.02. The van der Waals surface area contributed by atoms with E-state index in [9.17, 15) is 0 Å². The Bertz CT molecular complexity index is 584. The number of thiophene rings is 1. The van der Waals surface area contributed by atoms with E-state index in [1.807, 2.05) is 24.3 Å². The van der Waals surface area contributed by atoms with E-state index in [1.54, 1.807) is 11.3 Å². The maximum atomic E-state index is 6.24. The van der Waals surface area contributed by atoms with Crippen LogP contribution in [0, 0.1) is 0 Å². The SMILES string of the molecule is N[C@H]1CC(c2ccc(Br)s2)Oc2ccc(Br)cc21. The van der Waals surface area contributed by atoms with E-state index in [-0.39, 0.29) is 12.1 Å². The van der Waals surface area contributed by atoms with Crippen molar-refractivity contribution in [3.8, 4) is 5.75 Å². The van der Waals surface area contributed by atoms with Crippen LogP contribution in [0.15, 0.2) is 38.6 Å². The Kier molecular flexibility index (Phi) is 3.49. The summed E-state index contributed by atoms with van der Waals surface area (Å²) in [6.07, 6.45) is 0.876. The summed E-state index contributed by atoms with van der Waals surface area (Å²) in [5.74, 6) is 0.895. The fourth-order valence-electron chi connectivity index (χ4n) is 2.15. The first-order valence-corrected chi connectivity index (χ1v) is 8.00. The molecule has 0 spiro atoms. The van der Waals surface area contributed by atoms with Crippen LogP contribution >= 0.6 is 43.2 Å². The lowest BCUT2D eigenvalue weighted by atomic mass is 9.97. The lowest BCUT2D eigenvalue weighted by molar-refractivity contribution is 0.165. The van der Waals surface area contributed by atoms with Crippen molar-refractivity contribution in [1.29, 1.82) is 0 Å². The molecule has 0 radical (unpaired) electrons. The van der Waals surface area contributed by atoms with Crippen molar-refractivity contribution >= 4 is 43.2 Å². The zero-order chi connectivity index (χ0) is 12.7. The standard InChI is InChI=1S/C13H11Br2NOS/c14-7-1-2-10-8(5-7)9(16)6-11(17-10)12-3-4-13(15)18-12/h1-5,9,11H,6,16H2/t9-,11?/m0/s1. The monoisotopic (exact) mass is 387 g/mol. The normalized spacial score (nSPS) is 22.4. The zero-order valence-corrected chi connectivity index (χ0v) is 13.4. The van der Waals surface area contributed by atoms with Gasteiger partial charge < -0.3 is 10.5 Å². The molecular formula is C13H11Br2NOS. The van der Waals surface area contributed by atoms with Gasteiger partial charge in [-0.25, -0.2) is 0 Å². The average Bonchev–Trinajstić information content (AvgIpc) is 2.77. The Morgan fingerprint density at radius 1 is 1.22 bits per heavy atom. The van der Waals surface area contributed by atoms with Crippen LogP contribution in [0.2, 0.25) is 0 Å². The van der Waals surface area contributed by atoms with E-state index in [1.165, 1.54) is 4.88 Å². The van der Waals surface area contributed by atoms with Crippen LogP contribution in [0.1, 0.15) is 29.0 Å². The second-order valence-electron chi connectivity index (χ2n) is 4.27. The van der Waals surface area contributed by atoms with E-state index in [0.717, 1.165) is 26.0 Å². The van der Waals surface area contributed by atoms with Gasteiger partial charge in [-0.15, -0.1) is 11.3 Å². The van der Waals surface area contributed by atoms with Crippen LogP contribution in [0.3, 0.4) is 0 Å². The van der Waals surface area contributed by atoms with Gasteiger partial charge in [-0.2, -0.15) is 0 Å². The summed E-state index contributed by atoms with van der Waals surface area (Å²) in [7, 11) is 0. The number of nitrogens with two attached hydrogens (primary N) is 1. The first-order chi connectivity index (χ1) is 8.63. The molecule has 1 aliphatic heterocycles. The van der Waals surface area contributed by atoms with Gasteiger partial charge in [-0.05, 0) is 46.3 Å². The number of fused-ring (bicyclic) bond motifs is 1. The predicted octanol–water partition coefficient (Wildman–Crippen LogP) is 4.80. The molecule has 2 atom stereocenters. The highest BCUT2D eigenvalue weighted by Crippen LogP contribution is 2.42. The Hall–Kier alpha value is -0.360. The van der Waals surface area contributed by atoms with Crippen LogP contribution in [0.25, 0.3) is 0 Å². The van der Waals surface area contributed by atoms with E-state index in [0.29, 0.717) is 0 Å². The van der Waals surface area contributed by atoms with Gasteiger partial charge in [-0.1, -0.05) is 15.9 Å². The number of hydrogen-bond donors (Lipinski definition) is 1. The summed E-state index contributed by atoms with van der Waals surface area (Å²) in [6.45, 7) is 0. The van der Waals surface area contributed by atoms with Gasteiger partial charge in [0.15, 0.2) is 0 Å². The van der Waals surface area contributed by atoms with Crippen LogP contribution < -0.4 is 10.5 Å². The van der Waals surface area contributed by atoms with Gasteiger partial charge in [0.1, 0.15) is 11.9 Å². The molecule has 2 heterocycles. The first-order valence-electron chi connectivity index (χ1n) is 5.60. The Balaban J connectivity index is 1.94. The van der Waals surface area contributed by atoms with Crippen molar-refractivity contribution in [2.75, 3.05) is 0 Å². The molecule has 1 aromatic heterocycles. The fraction of sp³-hybridized carbons (Fsp3) is 0.231. The molecule has 94 valence electrons. The third kappa shape index (κ3) is 2.37. The van der Waals surface area contributed by atoms with Crippen molar-refractivity contribution in [2.24, 2.45) is 5.73 Å². The molecule has 0 fully saturated rings. The summed E-state index contributed by atoms with van der Waals surface area (Å²) in [5.41, 5.74) is 7.32. The Morgan fingerprint density at radius 2 is 2.06 bits per heavy atom. The summed E-state index contributed by atoms with van der Waals surface area (Å²) >= 11 is 8.65. The molecule has 0 bridgehead atoms. The number of rotatable bonds is 1. The maximum absolute atomic E-state index is 6.24. The molecule has 5 heteroatoms. The van der Waals surface area contributed by atoms with Gasteiger partial charge >= 0.3 is 0 Å². The van der Waals surface area contributed by atoms with Crippen molar-refractivity contribution < 1.29 is 4.74 Å². The zero-order valence-electron chi connectivity index (χ0n) is 9.40. The van der Waals surface area contributed by atoms with E-state index in [2.05, 4.69) is 37.9 Å². The highest BCUT2D eigenvalue weighted by atomic mass is 79.9. The fourth-order valence-corrected chi connectivity index (χ4v) is 4.00. The minimum Gasteiger partial charge on any atom is -0.484 e. The molecule has 18 heavy (non-hydrogen) atoms. The average molecular weight is 389 g/mol. The number of ether oxygens (including phenoxy) is 1. The molecule has 0 amide bonds. The molecule has 0 aliphatic carbocycles. The Labute approximate surface area is 126 Å². The van der Waals surface area contributed by atoms with Gasteiger partial charge in [0, 0.05) is 27.4 Å². The van der Waals surface area contributed by atoms with Crippen LogP contribution in [-0.2, 0) is 0 Å². The molecule has 2 aromatic rings. The number of halogens is 2. The number of hydrogen-bond acceptors (Lipinski definition) is 3. The molecule has 1 aliphatic rings. The van der Waals surface area contributed by atoms with Crippen molar-refractivity contribution in [2.45, 2.75) is 18.6 Å². The predicted molar refractivity (Wildman–Crippen MR) is 81.1 cm³/mol. The van der Waals surface area contributed by atoms with Gasteiger partial charge in [-0.3, -0.25) is 0 Å². The first kappa shape index (κ1) is 12.7. The summed E-state index contributed by atoms with van der Waals surface area (Å²) in [6, 6.07) is 10.2. The highest BCUT2D eigenvalue weighted by molar-refractivity contribution is 9.11. The van der Waals surface area contributed by atoms with E-state index >= 15 is 0 Å². The summed E-state index contributed by atoms with van der Waals surface area (Å²) in [5, 5.41) is 0. The molecular weight excluding hydrogens is 378 g/mol. The van der Waals surface area contributed by atoms with Gasteiger partial charge in [0.25, 0.3) is 0 Å². The molecule has 3 rings (SSSR count). The minimum absolute atomic E-state index is 0.0251. The van der Waals surface area contributed by atoms with Crippen LogP contribution in [-0.4, -0.2) is 0 Å². The highest BCUT2D eigenvalue weighted by Gasteiger charge is 2.28. The van der Waals surface area contributed by atoms with Crippen LogP contribution in [0.4, 0.5) is 0 Å². The smallest absolute Gasteiger partial charge is 0.135 e. The van der Waals surface area contributed by atoms with Crippen molar-refractivity contribution in [3.05, 3.63) is 49.0 Å². The van der Waals surface area contributed by atoms with Crippen molar-refractivity contribution in [3.63, 3.8) is 0 Å². The second-order valence-corrected chi connectivity index (χ2v) is 7.68. The maximum Gasteiger partial charge on any atom is 0.135 e. The quantitative estimate of drug-likeness (QED) is 0.761. The van der Waals surface area contributed by atoms with Gasteiger partial charge in [0.2, 0.25) is 0 Å². The van der Waals surface area contributed by atoms with Crippen molar-refractivity contribution in [1.82, 2.24) is 0 Å².